The summed E-state index contributed by atoms with van der Waals surface area (Å²) in [6.45, 7) is 2.72. The highest BCUT2D eigenvalue weighted by Gasteiger charge is 2.19. The van der Waals surface area contributed by atoms with Crippen molar-refractivity contribution in [1.29, 1.82) is 0 Å². The van der Waals surface area contributed by atoms with Crippen LogP contribution < -0.4 is 4.74 Å². The van der Waals surface area contributed by atoms with Gasteiger partial charge in [-0.15, -0.1) is 0 Å². The van der Waals surface area contributed by atoms with Gasteiger partial charge >= 0.3 is 0 Å². The zero-order chi connectivity index (χ0) is 18.2. The molecule has 2 heteroatoms. The lowest BCUT2D eigenvalue weighted by Gasteiger charge is -2.26. The van der Waals surface area contributed by atoms with Gasteiger partial charge in [0.15, 0.2) is 0 Å². The Labute approximate surface area is 163 Å². The van der Waals surface area contributed by atoms with E-state index < -0.39 is 0 Å². The van der Waals surface area contributed by atoms with Crippen molar-refractivity contribution >= 4 is 11.6 Å². The van der Waals surface area contributed by atoms with Crippen LogP contribution in [0.25, 0.3) is 11.1 Å². The maximum absolute atomic E-state index is 5.70. The van der Waals surface area contributed by atoms with E-state index in [-0.39, 0.29) is 0 Å². The van der Waals surface area contributed by atoms with Crippen molar-refractivity contribution in [2.45, 2.75) is 45.4 Å². The number of rotatable bonds is 7. The van der Waals surface area contributed by atoms with Gasteiger partial charge < -0.3 is 4.74 Å². The minimum Gasteiger partial charge on any atom is -0.494 e. The Hall–Kier alpha value is -1.73. The predicted molar refractivity (Wildman–Crippen MR) is 112 cm³/mol. The lowest BCUT2D eigenvalue weighted by atomic mass is 9.79. The summed E-state index contributed by atoms with van der Waals surface area (Å²) >= 11 is 5.70. The third-order valence-corrected chi connectivity index (χ3v) is 5.68. The molecule has 1 fully saturated rings. The second kappa shape index (κ2) is 9.83. The molecule has 0 amide bonds. The van der Waals surface area contributed by atoms with Crippen molar-refractivity contribution in [2.24, 2.45) is 11.8 Å². The molecule has 1 aliphatic carbocycles. The normalized spacial score (nSPS) is 20.4. The first-order chi connectivity index (χ1) is 12.8. The third-order valence-electron chi connectivity index (χ3n) is 5.53. The molecule has 3 rings (SSSR count). The maximum atomic E-state index is 5.70. The molecule has 0 saturated heterocycles. The van der Waals surface area contributed by atoms with Crippen molar-refractivity contribution in [3.63, 3.8) is 0 Å². The molecule has 0 unspecified atom stereocenters. The zero-order valence-corrected chi connectivity index (χ0v) is 16.4. The Balaban J connectivity index is 1.50. The van der Waals surface area contributed by atoms with Crippen LogP contribution in [0.15, 0.2) is 60.1 Å². The summed E-state index contributed by atoms with van der Waals surface area (Å²) < 4.78 is 5.52. The van der Waals surface area contributed by atoms with E-state index in [1.54, 1.807) is 5.54 Å². The first-order valence-corrected chi connectivity index (χ1v) is 10.3. The summed E-state index contributed by atoms with van der Waals surface area (Å²) in [6, 6.07) is 17.4. The molecule has 0 aromatic heterocycles. The van der Waals surface area contributed by atoms with Gasteiger partial charge in [0.25, 0.3) is 0 Å². The molecule has 26 heavy (non-hydrogen) atoms. The summed E-state index contributed by atoms with van der Waals surface area (Å²) in [5, 5.41) is 0. The summed E-state index contributed by atoms with van der Waals surface area (Å²) in [7, 11) is 0. The predicted octanol–water partition coefficient (Wildman–Crippen LogP) is 7.24. The van der Waals surface area contributed by atoms with E-state index in [1.807, 2.05) is 19.1 Å². The Morgan fingerprint density at radius 3 is 2.12 bits per heavy atom. The van der Waals surface area contributed by atoms with Crippen LogP contribution in [-0.2, 0) is 6.42 Å². The highest BCUT2D eigenvalue weighted by molar-refractivity contribution is 6.25. The molecule has 0 bridgehead atoms. The maximum Gasteiger partial charge on any atom is 0.119 e. The largest absolute Gasteiger partial charge is 0.494 e. The molecule has 2 aromatic rings. The fourth-order valence-corrected chi connectivity index (χ4v) is 4.12. The molecule has 0 aliphatic heterocycles. The number of benzene rings is 2. The summed E-state index contributed by atoms with van der Waals surface area (Å²) in [5.74, 6) is 2.52. The molecule has 1 nitrogen and oxygen atoms in total. The van der Waals surface area contributed by atoms with Crippen molar-refractivity contribution in [1.82, 2.24) is 0 Å². The van der Waals surface area contributed by atoms with E-state index in [2.05, 4.69) is 42.5 Å². The van der Waals surface area contributed by atoms with Gasteiger partial charge in [0.1, 0.15) is 5.75 Å². The van der Waals surface area contributed by atoms with Crippen LogP contribution in [0.5, 0.6) is 5.75 Å². The third kappa shape index (κ3) is 5.38. The lowest BCUT2D eigenvalue weighted by Crippen LogP contribution is -2.13. The van der Waals surface area contributed by atoms with Crippen LogP contribution in [0.3, 0.4) is 0 Å². The Kier molecular flexibility index (Phi) is 7.20. The summed E-state index contributed by atoms with van der Waals surface area (Å²) in [5.41, 5.74) is 5.65. The molecular formula is C24H29ClO. The van der Waals surface area contributed by atoms with Crippen molar-refractivity contribution in [3.05, 3.63) is 65.7 Å². The first kappa shape index (κ1) is 19.0. The number of ether oxygens (including phenoxy) is 1. The number of hydrogen-bond donors (Lipinski definition) is 0. The molecule has 0 heterocycles. The molecule has 0 atom stereocenters. The average molecular weight is 369 g/mol. The van der Waals surface area contributed by atoms with Crippen molar-refractivity contribution < 1.29 is 4.74 Å². The van der Waals surface area contributed by atoms with Gasteiger partial charge in [-0.2, -0.15) is 0 Å². The van der Waals surface area contributed by atoms with Gasteiger partial charge in [0.2, 0.25) is 0 Å². The number of halogens is 1. The van der Waals surface area contributed by atoms with E-state index in [0.29, 0.717) is 12.5 Å². The van der Waals surface area contributed by atoms with Gasteiger partial charge in [-0.3, -0.25) is 0 Å². The van der Waals surface area contributed by atoms with Crippen molar-refractivity contribution in [3.8, 4) is 16.9 Å². The van der Waals surface area contributed by atoms with E-state index in [4.69, 9.17) is 16.3 Å². The minimum atomic E-state index is 0.706. The zero-order valence-electron chi connectivity index (χ0n) is 15.7. The average Bonchev–Trinajstić information content (AvgIpc) is 2.69. The first-order valence-electron chi connectivity index (χ1n) is 9.87. The molecule has 0 spiro atoms. The topological polar surface area (TPSA) is 9.23 Å². The molecule has 138 valence electrons. The molecule has 0 radical (unpaired) electrons. The molecule has 1 aliphatic rings. The van der Waals surface area contributed by atoms with Crippen LogP contribution >= 0.6 is 11.6 Å². The monoisotopic (exact) mass is 368 g/mol. The highest BCUT2D eigenvalue weighted by Crippen LogP contribution is 2.32. The fourth-order valence-electron chi connectivity index (χ4n) is 3.92. The Morgan fingerprint density at radius 2 is 1.54 bits per heavy atom. The van der Waals surface area contributed by atoms with E-state index >= 15 is 0 Å². The highest BCUT2D eigenvalue weighted by atomic mass is 35.5. The van der Waals surface area contributed by atoms with Gasteiger partial charge in [0.05, 0.1) is 6.61 Å². The molecule has 1 saturated carbocycles. The quantitative estimate of drug-likeness (QED) is 0.500. The van der Waals surface area contributed by atoms with Gasteiger partial charge in [-0.05, 0) is 86.1 Å². The van der Waals surface area contributed by atoms with Crippen LogP contribution in [-0.4, -0.2) is 6.61 Å². The second-order valence-corrected chi connectivity index (χ2v) is 7.54. The molecule has 2 aromatic carbocycles. The smallest absolute Gasteiger partial charge is 0.119 e. The molecular weight excluding hydrogens is 340 g/mol. The van der Waals surface area contributed by atoms with E-state index in [1.165, 1.54) is 55.2 Å². The minimum absolute atomic E-state index is 0.706. The van der Waals surface area contributed by atoms with Crippen LogP contribution in [0, 0.1) is 11.8 Å². The lowest BCUT2D eigenvalue weighted by molar-refractivity contribution is 0.296. The standard InChI is InChI=1S/C24H29ClO/c1-2-26-24-15-13-23(14-16-24)22-11-9-20(10-12-22)4-3-19-5-7-21(8-6-19)17-18-25/h9-19,21H,2-8H2,1H3/b18-17+. The molecule has 0 N–H and O–H groups in total. The summed E-state index contributed by atoms with van der Waals surface area (Å²) in [6.07, 6.45) is 9.93. The van der Waals surface area contributed by atoms with Crippen molar-refractivity contribution in [2.75, 3.05) is 6.61 Å². The Morgan fingerprint density at radius 1 is 0.923 bits per heavy atom. The van der Waals surface area contributed by atoms with E-state index in [9.17, 15) is 0 Å². The number of hydrogen-bond acceptors (Lipinski definition) is 1. The van der Waals surface area contributed by atoms with Crippen LogP contribution in [0.4, 0.5) is 0 Å². The van der Waals surface area contributed by atoms with Gasteiger partial charge in [-0.25, -0.2) is 0 Å². The number of allylic oxidation sites excluding steroid dienone is 1. The Bertz CT molecular complexity index is 679. The van der Waals surface area contributed by atoms with Gasteiger partial charge in [-0.1, -0.05) is 54.1 Å². The van der Waals surface area contributed by atoms with Gasteiger partial charge in [0, 0.05) is 5.54 Å². The number of aryl methyl sites for hydroxylation is 1. The van der Waals surface area contributed by atoms with Crippen LogP contribution in [0.2, 0.25) is 0 Å². The summed E-state index contributed by atoms with van der Waals surface area (Å²) in [4.78, 5) is 0. The van der Waals surface area contributed by atoms with Crippen LogP contribution in [0.1, 0.15) is 44.6 Å². The SMILES string of the molecule is CCOc1ccc(-c2ccc(CCC3CCC(/C=C/Cl)CC3)cc2)cc1. The van der Waals surface area contributed by atoms with E-state index in [0.717, 1.165) is 11.7 Å². The fraction of sp³-hybridized carbons (Fsp3) is 0.417. The second-order valence-electron chi connectivity index (χ2n) is 7.29.